The van der Waals surface area contributed by atoms with E-state index >= 15 is 0 Å². The van der Waals surface area contributed by atoms with Crippen LogP contribution < -0.4 is 0 Å². The van der Waals surface area contributed by atoms with Crippen molar-refractivity contribution < 1.29 is 5.11 Å². The molecule has 3 heteroatoms. The van der Waals surface area contributed by atoms with Gasteiger partial charge in [-0.3, -0.25) is 4.98 Å². The molecule has 1 atom stereocenters. The average Bonchev–Trinajstić information content (AvgIpc) is 2.39. The molecule has 18 heavy (non-hydrogen) atoms. The zero-order valence-electron chi connectivity index (χ0n) is 10.2. The minimum Gasteiger partial charge on any atom is -0.385 e. The summed E-state index contributed by atoms with van der Waals surface area (Å²) >= 11 is 0. The van der Waals surface area contributed by atoms with Crippen LogP contribution in [0.2, 0.25) is 0 Å². The third kappa shape index (κ3) is 2.73. The van der Waals surface area contributed by atoms with E-state index in [-0.39, 0.29) is 0 Å². The predicted octanol–water partition coefficient (Wildman–Crippen LogP) is 2.40. The minimum absolute atomic E-state index is 0.493. The van der Waals surface area contributed by atoms with E-state index in [1.165, 1.54) is 0 Å². The van der Waals surface area contributed by atoms with Crippen LogP contribution in [0.1, 0.15) is 23.6 Å². The van der Waals surface area contributed by atoms with Crippen LogP contribution >= 0.6 is 0 Å². The van der Waals surface area contributed by atoms with Gasteiger partial charge in [0.1, 0.15) is 0 Å². The predicted molar refractivity (Wildman–Crippen MR) is 68.7 cm³/mol. The first-order valence-electron chi connectivity index (χ1n) is 5.74. The number of rotatable bonds is 3. The van der Waals surface area contributed by atoms with Gasteiger partial charge in [0.2, 0.25) is 0 Å². The van der Waals surface area contributed by atoms with Gasteiger partial charge >= 0.3 is 0 Å². The first-order chi connectivity index (χ1) is 8.62. The summed E-state index contributed by atoms with van der Waals surface area (Å²) in [5.74, 6) is 0. The van der Waals surface area contributed by atoms with Crippen LogP contribution in [0.5, 0.6) is 0 Å². The quantitative estimate of drug-likeness (QED) is 0.893. The molecule has 0 saturated carbocycles. The fourth-order valence-electron chi connectivity index (χ4n) is 1.91. The molecular weight excluding hydrogens is 224 g/mol. The van der Waals surface area contributed by atoms with Gasteiger partial charge in [-0.15, -0.1) is 0 Å². The highest BCUT2D eigenvalue weighted by atomic mass is 16.3. The summed E-state index contributed by atoms with van der Waals surface area (Å²) < 4.78 is 0. The smallest absolute Gasteiger partial charge is 0.0991 e. The molecule has 0 radical (unpaired) electrons. The molecule has 0 aliphatic heterocycles. The SMILES string of the molecule is CC(O)(Cc1cccnc1)c1ccc(C#N)cc1. The molecule has 0 aliphatic carbocycles. The molecule has 0 spiro atoms. The van der Waals surface area contributed by atoms with Crippen molar-refractivity contribution in [2.45, 2.75) is 18.9 Å². The van der Waals surface area contributed by atoms with Crippen LogP contribution in [0.3, 0.4) is 0 Å². The van der Waals surface area contributed by atoms with Crippen LogP contribution in [-0.2, 0) is 12.0 Å². The Kier molecular flexibility index (Phi) is 3.40. The van der Waals surface area contributed by atoms with Gasteiger partial charge in [0.15, 0.2) is 0 Å². The zero-order valence-corrected chi connectivity index (χ0v) is 10.2. The Morgan fingerprint density at radius 1 is 1.28 bits per heavy atom. The van der Waals surface area contributed by atoms with E-state index in [0.717, 1.165) is 11.1 Å². The number of nitriles is 1. The molecule has 0 amide bonds. The van der Waals surface area contributed by atoms with Crippen LogP contribution in [0.25, 0.3) is 0 Å². The van der Waals surface area contributed by atoms with Gasteiger partial charge in [-0.2, -0.15) is 5.26 Å². The number of benzene rings is 1. The van der Waals surface area contributed by atoms with Crippen molar-refractivity contribution in [2.75, 3.05) is 0 Å². The van der Waals surface area contributed by atoms with Gasteiger partial charge in [0.25, 0.3) is 0 Å². The Bertz CT molecular complexity index is 553. The maximum absolute atomic E-state index is 10.5. The molecule has 1 N–H and O–H groups in total. The van der Waals surface area contributed by atoms with Gasteiger partial charge in [-0.25, -0.2) is 0 Å². The van der Waals surface area contributed by atoms with Crippen molar-refractivity contribution in [3.8, 4) is 6.07 Å². The standard InChI is InChI=1S/C15H14N2O/c1-15(18,9-13-3-2-8-17-11-13)14-6-4-12(10-16)5-7-14/h2-8,11,18H,9H2,1H3. The van der Waals surface area contributed by atoms with Gasteiger partial charge < -0.3 is 5.11 Å². The van der Waals surface area contributed by atoms with Crippen molar-refractivity contribution in [2.24, 2.45) is 0 Å². The van der Waals surface area contributed by atoms with Gasteiger partial charge in [-0.1, -0.05) is 18.2 Å². The van der Waals surface area contributed by atoms with E-state index in [2.05, 4.69) is 11.1 Å². The van der Waals surface area contributed by atoms with Crippen molar-refractivity contribution in [1.82, 2.24) is 4.98 Å². The topological polar surface area (TPSA) is 56.9 Å². The summed E-state index contributed by atoms with van der Waals surface area (Å²) in [5.41, 5.74) is 1.41. The third-order valence-electron chi connectivity index (χ3n) is 2.91. The van der Waals surface area contributed by atoms with Crippen molar-refractivity contribution in [1.29, 1.82) is 5.26 Å². The second-order valence-electron chi connectivity index (χ2n) is 4.50. The second-order valence-corrected chi connectivity index (χ2v) is 4.50. The van der Waals surface area contributed by atoms with Gasteiger partial charge in [0.05, 0.1) is 17.2 Å². The zero-order chi connectivity index (χ0) is 13.0. The lowest BCUT2D eigenvalue weighted by atomic mass is 9.89. The Hall–Kier alpha value is -2.18. The molecule has 0 aliphatic rings. The van der Waals surface area contributed by atoms with Crippen molar-refractivity contribution in [3.63, 3.8) is 0 Å². The van der Waals surface area contributed by atoms with E-state index in [1.807, 2.05) is 12.1 Å². The molecule has 3 nitrogen and oxygen atoms in total. The molecule has 0 saturated heterocycles. The van der Waals surface area contributed by atoms with Crippen molar-refractivity contribution in [3.05, 3.63) is 65.5 Å². The maximum atomic E-state index is 10.5. The van der Waals surface area contributed by atoms with Gasteiger partial charge in [-0.05, 0) is 36.2 Å². The van der Waals surface area contributed by atoms with Crippen LogP contribution in [0.4, 0.5) is 0 Å². The third-order valence-corrected chi connectivity index (χ3v) is 2.91. The highest BCUT2D eigenvalue weighted by Crippen LogP contribution is 2.25. The minimum atomic E-state index is -0.961. The summed E-state index contributed by atoms with van der Waals surface area (Å²) in [5, 5.41) is 19.2. The Morgan fingerprint density at radius 2 is 2.00 bits per heavy atom. The molecule has 1 aromatic heterocycles. The molecular formula is C15H14N2O. The lowest BCUT2D eigenvalue weighted by molar-refractivity contribution is 0.0575. The highest BCUT2D eigenvalue weighted by molar-refractivity contribution is 5.34. The number of nitrogens with zero attached hydrogens (tertiary/aromatic N) is 2. The molecule has 1 aromatic carbocycles. The summed E-state index contributed by atoms with van der Waals surface area (Å²) in [6.45, 7) is 1.77. The number of hydrogen-bond donors (Lipinski definition) is 1. The Morgan fingerprint density at radius 3 is 2.56 bits per heavy atom. The molecule has 2 aromatic rings. The number of hydrogen-bond acceptors (Lipinski definition) is 3. The summed E-state index contributed by atoms with van der Waals surface area (Å²) in [4.78, 5) is 4.04. The summed E-state index contributed by atoms with van der Waals surface area (Å²) in [7, 11) is 0. The largest absolute Gasteiger partial charge is 0.385 e. The average molecular weight is 238 g/mol. The normalized spacial score (nSPS) is 13.6. The molecule has 90 valence electrons. The molecule has 0 fully saturated rings. The second kappa shape index (κ2) is 4.99. The number of aliphatic hydroxyl groups is 1. The maximum Gasteiger partial charge on any atom is 0.0991 e. The lowest BCUT2D eigenvalue weighted by Gasteiger charge is -2.23. The van der Waals surface area contributed by atoms with Crippen molar-refractivity contribution >= 4 is 0 Å². The first kappa shape index (κ1) is 12.3. The van der Waals surface area contributed by atoms with Crippen LogP contribution in [-0.4, -0.2) is 10.1 Å². The molecule has 1 heterocycles. The van der Waals surface area contributed by atoms with Crippen LogP contribution in [0, 0.1) is 11.3 Å². The van der Waals surface area contributed by atoms with E-state index in [1.54, 1.807) is 43.6 Å². The van der Waals surface area contributed by atoms with E-state index < -0.39 is 5.60 Å². The van der Waals surface area contributed by atoms with E-state index in [4.69, 9.17) is 5.26 Å². The monoisotopic (exact) mass is 238 g/mol. The highest BCUT2D eigenvalue weighted by Gasteiger charge is 2.23. The number of pyridine rings is 1. The fourth-order valence-corrected chi connectivity index (χ4v) is 1.91. The summed E-state index contributed by atoms with van der Waals surface area (Å²) in [6, 6.07) is 12.9. The van der Waals surface area contributed by atoms with E-state index in [9.17, 15) is 5.11 Å². The Labute approximate surface area is 106 Å². The molecule has 1 unspecified atom stereocenters. The molecule has 0 bridgehead atoms. The van der Waals surface area contributed by atoms with Gasteiger partial charge in [0, 0.05) is 18.8 Å². The Balaban J connectivity index is 2.22. The first-order valence-corrected chi connectivity index (χ1v) is 5.74. The lowest BCUT2D eigenvalue weighted by Crippen LogP contribution is -2.24. The summed E-state index contributed by atoms with van der Waals surface area (Å²) in [6.07, 6.45) is 3.95. The molecule has 2 rings (SSSR count). The number of aromatic nitrogens is 1. The van der Waals surface area contributed by atoms with Crippen LogP contribution in [0.15, 0.2) is 48.8 Å². The fraction of sp³-hybridized carbons (Fsp3) is 0.200. The van der Waals surface area contributed by atoms with E-state index in [0.29, 0.717) is 12.0 Å².